The van der Waals surface area contributed by atoms with Crippen molar-refractivity contribution in [2.45, 2.75) is 13.0 Å². The molecule has 1 aromatic rings. The van der Waals surface area contributed by atoms with Gasteiger partial charge in [0.1, 0.15) is 0 Å². The summed E-state index contributed by atoms with van der Waals surface area (Å²) >= 11 is 0. The van der Waals surface area contributed by atoms with Gasteiger partial charge in [-0.1, -0.05) is 12.1 Å². The van der Waals surface area contributed by atoms with Crippen molar-refractivity contribution >= 4 is 17.3 Å². The van der Waals surface area contributed by atoms with E-state index >= 15 is 0 Å². The van der Waals surface area contributed by atoms with E-state index in [2.05, 4.69) is 10.2 Å². The molecule has 0 saturated carbocycles. The second-order valence-corrected chi connectivity index (χ2v) is 4.39. The summed E-state index contributed by atoms with van der Waals surface area (Å²) in [5, 5.41) is 2.86. The Kier molecular flexibility index (Phi) is 4.17. The molecule has 1 aliphatic heterocycles. The van der Waals surface area contributed by atoms with Gasteiger partial charge in [0.05, 0.1) is 30.6 Å². The molecule has 5 heteroatoms. The van der Waals surface area contributed by atoms with E-state index in [0.717, 1.165) is 37.7 Å². The second kappa shape index (κ2) is 5.84. The molecule has 0 aliphatic carbocycles. The van der Waals surface area contributed by atoms with Crippen LogP contribution in [-0.2, 0) is 9.53 Å². The number of hydrogen-bond donors (Lipinski definition) is 2. The van der Waals surface area contributed by atoms with E-state index < -0.39 is 6.04 Å². The van der Waals surface area contributed by atoms with Crippen LogP contribution in [-0.4, -0.2) is 38.3 Å². The predicted octanol–water partition coefficient (Wildman–Crippen LogP) is 0.809. The Labute approximate surface area is 107 Å². The number of nitrogens with zero attached hydrogens (tertiary/aromatic N) is 1. The van der Waals surface area contributed by atoms with Crippen molar-refractivity contribution in [3.05, 3.63) is 24.3 Å². The summed E-state index contributed by atoms with van der Waals surface area (Å²) in [4.78, 5) is 13.9. The highest BCUT2D eigenvalue weighted by atomic mass is 16.5. The van der Waals surface area contributed by atoms with Crippen LogP contribution in [0, 0.1) is 0 Å². The first-order chi connectivity index (χ1) is 8.68. The molecule has 1 saturated heterocycles. The van der Waals surface area contributed by atoms with Gasteiger partial charge in [-0.25, -0.2) is 0 Å². The van der Waals surface area contributed by atoms with E-state index in [4.69, 9.17) is 10.5 Å². The number of amides is 1. The van der Waals surface area contributed by atoms with Crippen LogP contribution >= 0.6 is 0 Å². The molecule has 2 rings (SSSR count). The third-order valence-corrected chi connectivity index (χ3v) is 2.93. The lowest BCUT2D eigenvalue weighted by molar-refractivity contribution is -0.117. The van der Waals surface area contributed by atoms with Gasteiger partial charge in [-0.2, -0.15) is 0 Å². The number of carbonyl (C=O) groups excluding carboxylic acids is 1. The Balaban J connectivity index is 2.16. The number of nitrogens with one attached hydrogen (secondary N) is 1. The summed E-state index contributed by atoms with van der Waals surface area (Å²) in [7, 11) is 0. The highest BCUT2D eigenvalue weighted by Gasteiger charge is 2.16. The van der Waals surface area contributed by atoms with Crippen LogP contribution in [0.5, 0.6) is 0 Å². The molecule has 18 heavy (non-hydrogen) atoms. The molecule has 5 nitrogen and oxygen atoms in total. The van der Waals surface area contributed by atoms with Crippen molar-refractivity contribution in [1.29, 1.82) is 0 Å². The van der Waals surface area contributed by atoms with Crippen LogP contribution < -0.4 is 16.0 Å². The van der Waals surface area contributed by atoms with Crippen LogP contribution in [0.4, 0.5) is 11.4 Å². The standard InChI is InChI=1S/C13H19N3O2/c1-10(14)13(17)15-11-4-2-3-5-12(11)16-6-8-18-9-7-16/h2-5,10H,6-9,14H2,1H3,(H,15,17)/t10-/m1/s1. The highest BCUT2D eigenvalue weighted by Crippen LogP contribution is 2.26. The summed E-state index contributed by atoms with van der Waals surface area (Å²) in [5.74, 6) is -0.171. The summed E-state index contributed by atoms with van der Waals surface area (Å²) in [6.07, 6.45) is 0. The summed E-state index contributed by atoms with van der Waals surface area (Å²) < 4.78 is 5.33. The third kappa shape index (κ3) is 3.00. The van der Waals surface area contributed by atoms with Crippen LogP contribution in [0.15, 0.2) is 24.3 Å². The smallest absolute Gasteiger partial charge is 0.241 e. The number of morpholine rings is 1. The van der Waals surface area contributed by atoms with E-state index in [-0.39, 0.29) is 5.91 Å². The largest absolute Gasteiger partial charge is 0.378 e. The van der Waals surface area contributed by atoms with E-state index in [1.807, 2.05) is 24.3 Å². The minimum atomic E-state index is -0.511. The number of hydrogen-bond acceptors (Lipinski definition) is 4. The summed E-state index contributed by atoms with van der Waals surface area (Å²) in [6, 6.07) is 7.25. The zero-order chi connectivity index (χ0) is 13.0. The number of para-hydroxylation sites is 2. The number of nitrogens with two attached hydrogens (primary N) is 1. The third-order valence-electron chi connectivity index (χ3n) is 2.93. The Morgan fingerprint density at radius 3 is 2.72 bits per heavy atom. The molecular weight excluding hydrogens is 230 g/mol. The van der Waals surface area contributed by atoms with Gasteiger partial charge in [-0.3, -0.25) is 4.79 Å². The maximum Gasteiger partial charge on any atom is 0.241 e. The predicted molar refractivity (Wildman–Crippen MR) is 71.8 cm³/mol. The molecule has 1 aromatic carbocycles. The molecule has 0 aromatic heterocycles. The van der Waals surface area contributed by atoms with Gasteiger partial charge in [-0.15, -0.1) is 0 Å². The van der Waals surface area contributed by atoms with Crippen molar-refractivity contribution in [2.75, 3.05) is 36.5 Å². The first kappa shape index (κ1) is 12.9. The van der Waals surface area contributed by atoms with Crippen molar-refractivity contribution in [2.24, 2.45) is 5.73 Å². The molecule has 0 bridgehead atoms. The maximum absolute atomic E-state index is 11.7. The molecule has 1 heterocycles. The van der Waals surface area contributed by atoms with E-state index in [9.17, 15) is 4.79 Å². The molecule has 0 spiro atoms. The van der Waals surface area contributed by atoms with Gasteiger partial charge in [0, 0.05) is 13.1 Å². The Morgan fingerprint density at radius 2 is 2.06 bits per heavy atom. The van der Waals surface area contributed by atoms with Gasteiger partial charge >= 0.3 is 0 Å². The fourth-order valence-corrected chi connectivity index (χ4v) is 1.91. The molecule has 0 radical (unpaired) electrons. The van der Waals surface area contributed by atoms with E-state index in [1.54, 1.807) is 6.92 Å². The molecule has 1 fully saturated rings. The molecule has 1 aliphatic rings. The quantitative estimate of drug-likeness (QED) is 0.832. The average Bonchev–Trinajstić information content (AvgIpc) is 2.40. The SMILES string of the molecule is C[C@@H](N)C(=O)Nc1ccccc1N1CCOCC1. The van der Waals surface area contributed by atoms with Gasteiger partial charge in [0.25, 0.3) is 0 Å². The Morgan fingerprint density at radius 1 is 1.39 bits per heavy atom. The van der Waals surface area contributed by atoms with Gasteiger partial charge in [0.15, 0.2) is 0 Å². The minimum Gasteiger partial charge on any atom is -0.378 e. The van der Waals surface area contributed by atoms with Gasteiger partial charge in [0.2, 0.25) is 5.91 Å². The van der Waals surface area contributed by atoms with Crippen LogP contribution in [0.1, 0.15) is 6.92 Å². The van der Waals surface area contributed by atoms with Crippen LogP contribution in [0.3, 0.4) is 0 Å². The molecular formula is C13H19N3O2. The molecule has 1 atom stereocenters. The lowest BCUT2D eigenvalue weighted by Gasteiger charge is -2.30. The zero-order valence-corrected chi connectivity index (χ0v) is 10.6. The van der Waals surface area contributed by atoms with Crippen LogP contribution in [0.25, 0.3) is 0 Å². The molecule has 0 unspecified atom stereocenters. The van der Waals surface area contributed by atoms with Crippen molar-refractivity contribution in [3.63, 3.8) is 0 Å². The first-order valence-corrected chi connectivity index (χ1v) is 6.16. The molecule has 98 valence electrons. The van der Waals surface area contributed by atoms with E-state index in [0.29, 0.717) is 0 Å². The van der Waals surface area contributed by atoms with Gasteiger partial charge < -0.3 is 20.7 Å². The van der Waals surface area contributed by atoms with Crippen molar-refractivity contribution < 1.29 is 9.53 Å². The fraction of sp³-hybridized carbons (Fsp3) is 0.462. The topological polar surface area (TPSA) is 67.6 Å². The summed E-state index contributed by atoms with van der Waals surface area (Å²) in [6.45, 7) is 4.79. The molecule has 1 amide bonds. The Hall–Kier alpha value is -1.59. The Bertz CT molecular complexity index is 414. The van der Waals surface area contributed by atoms with Gasteiger partial charge in [-0.05, 0) is 19.1 Å². The highest BCUT2D eigenvalue weighted by molar-refractivity contribution is 5.97. The van der Waals surface area contributed by atoms with Crippen LogP contribution in [0.2, 0.25) is 0 Å². The first-order valence-electron chi connectivity index (χ1n) is 6.16. The zero-order valence-electron chi connectivity index (χ0n) is 10.6. The normalized spacial score (nSPS) is 17.3. The average molecular weight is 249 g/mol. The number of anilines is 2. The number of carbonyl (C=O) groups is 1. The fourth-order valence-electron chi connectivity index (χ4n) is 1.91. The number of ether oxygens (including phenoxy) is 1. The minimum absolute atomic E-state index is 0.171. The maximum atomic E-state index is 11.7. The number of benzene rings is 1. The lowest BCUT2D eigenvalue weighted by Crippen LogP contribution is -2.37. The van der Waals surface area contributed by atoms with Crippen molar-refractivity contribution in [3.8, 4) is 0 Å². The number of rotatable bonds is 3. The lowest BCUT2D eigenvalue weighted by atomic mass is 10.2. The van der Waals surface area contributed by atoms with Crippen molar-refractivity contribution in [1.82, 2.24) is 0 Å². The molecule has 3 N–H and O–H groups in total. The monoisotopic (exact) mass is 249 g/mol. The van der Waals surface area contributed by atoms with E-state index in [1.165, 1.54) is 0 Å². The summed E-state index contributed by atoms with van der Waals surface area (Å²) in [5.41, 5.74) is 7.40. The second-order valence-electron chi connectivity index (χ2n) is 4.39.